The van der Waals surface area contributed by atoms with E-state index in [2.05, 4.69) is 32.3 Å². The van der Waals surface area contributed by atoms with Crippen molar-refractivity contribution in [3.63, 3.8) is 0 Å². The van der Waals surface area contributed by atoms with Gasteiger partial charge in [0.25, 0.3) is 11.8 Å². The molecule has 0 atom stereocenters. The number of rotatable bonds is 6. The topological polar surface area (TPSA) is 106 Å². The zero-order valence-electron chi connectivity index (χ0n) is 16.7. The normalized spacial score (nSPS) is 9.75. The molecule has 3 aromatic rings. The third kappa shape index (κ3) is 7.04. The third-order valence-corrected chi connectivity index (χ3v) is 4.46. The van der Waals surface area contributed by atoms with Crippen molar-refractivity contribution in [2.45, 2.75) is 0 Å². The average molecular weight is 465 g/mol. The highest BCUT2D eigenvalue weighted by Crippen LogP contribution is 2.06. The second-order valence-electron chi connectivity index (χ2n) is 6.38. The van der Waals surface area contributed by atoms with Gasteiger partial charge in [-0.05, 0) is 73.0 Å². The maximum Gasteiger partial charge on any atom is 0.257 e. The van der Waals surface area contributed by atoms with Crippen LogP contribution in [0.25, 0.3) is 0 Å². The molecule has 0 aliphatic heterocycles. The van der Waals surface area contributed by atoms with Crippen LogP contribution in [0.4, 0.5) is 11.4 Å². The molecule has 0 aromatic heterocycles. The molecule has 0 aliphatic rings. The summed E-state index contributed by atoms with van der Waals surface area (Å²) in [7, 11) is 0. The first-order valence-corrected chi connectivity index (χ1v) is 10.3. The van der Waals surface area contributed by atoms with E-state index in [-0.39, 0.29) is 10.2 Å². The number of amides is 2. The first kappa shape index (κ1) is 22.7. The van der Waals surface area contributed by atoms with Crippen LogP contribution in [0.5, 0.6) is 0 Å². The van der Waals surface area contributed by atoms with Gasteiger partial charge in [-0.25, -0.2) is 0 Å². The van der Waals surface area contributed by atoms with Crippen LogP contribution in [0.3, 0.4) is 0 Å². The summed E-state index contributed by atoms with van der Waals surface area (Å²) in [6.45, 7) is 0. The molecule has 0 saturated carbocycles. The zero-order valence-corrected chi connectivity index (χ0v) is 18.3. The van der Waals surface area contributed by atoms with E-state index in [4.69, 9.17) is 24.4 Å². The maximum absolute atomic E-state index is 12.3. The summed E-state index contributed by atoms with van der Waals surface area (Å²) < 4.78 is 0. The summed E-state index contributed by atoms with van der Waals surface area (Å²) >= 11 is 10.2. The molecule has 0 saturated heterocycles. The number of nitrogens with one attached hydrogen (secondary N) is 6. The molecule has 8 nitrogen and oxygen atoms in total. The van der Waals surface area contributed by atoms with Crippen LogP contribution in [-0.4, -0.2) is 22.0 Å². The van der Waals surface area contributed by atoms with E-state index in [1.807, 2.05) is 60.7 Å². The fourth-order valence-electron chi connectivity index (χ4n) is 2.49. The number of para-hydroxylation sites is 2. The van der Waals surface area contributed by atoms with Gasteiger partial charge in [-0.15, -0.1) is 0 Å². The molecular weight excluding hydrogens is 444 g/mol. The number of hydrazine groups is 2. The second-order valence-corrected chi connectivity index (χ2v) is 7.19. The summed E-state index contributed by atoms with van der Waals surface area (Å²) in [5.74, 6) is -0.817. The van der Waals surface area contributed by atoms with Crippen LogP contribution in [0.1, 0.15) is 20.7 Å². The predicted molar refractivity (Wildman–Crippen MR) is 133 cm³/mol. The molecule has 0 fully saturated rings. The van der Waals surface area contributed by atoms with Crippen LogP contribution in [0.15, 0.2) is 84.9 Å². The number of carbonyl (C=O) groups excluding carboxylic acids is 2. The summed E-state index contributed by atoms with van der Waals surface area (Å²) in [6, 6.07) is 24.7. The molecule has 0 unspecified atom stereocenters. The molecule has 0 heterocycles. The standard InChI is InChI=1S/C22H20N6O2S2/c29-19(23-21(31)27-25-17-7-3-1-4-8-17)15-11-13-16(14-12-15)20(30)24-22(32)28-26-18-9-5-2-6-10-18/h1-14,25-26H,(H2,23,27,29,31)(H2,24,28,30,32). The van der Waals surface area contributed by atoms with E-state index in [9.17, 15) is 9.59 Å². The summed E-state index contributed by atoms with van der Waals surface area (Å²) in [5, 5.41) is 5.35. The third-order valence-electron chi connectivity index (χ3n) is 4.05. The Morgan fingerprint density at radius 3 is 1.22 bits per heavy atom. The highest BCUT2D eigenvalue weighted by molar-refractivity contribution is 7.80. The van der Waals surface area contributed by atoms with E-state index >= 15 is 0 Å². The van der Waals surface area contributed by atoms with Crippen molar-refractivity contribution in [1.29, 1.82) is 0 Å². The van der Waals surface area contributed by atoms with Gasteiger partial charge < -0.3 is 0 Å². The molecule has 32 heavy (non-hydrogen) atoms. The Labute approximate surface area is 195 Å². The number of hydrogen-bond acceptors (Lipinski definition) is 6. The molecule has 0 radical (unpaired) electrons. The predicted octanol–water partition coefficient (Wildman–Crippen LogP) is 2.95. The highest BCUT2D eigenvalue weighted by atomic mass is 32.1. The molecule has 0 bridgehead atoms. The van der Waals surface area contributed by atoms with Crippen molar-refractivity contribution in [2.24, 2.45) is 0 Å². The van der Waals surface area contributed by atoms with Crippen molar-refractivity contribution in [3.8, 4) is 0 Å². The molecular formula is C22H20N6O2S2. The van der Waals surface area contributed by atoms with Crippen molar-refractivity contribution >= 4 is 57.8 Å². The van der Waals surface area contributed by atoms with Crippen molar-refractivity contribution < 1.29 is 9.59 Å². The summed E-state index contributed by atoms with van der Waals surface area (Å²) in [6.07, 6.45) is 0. The van der Waals surface area contributed by atoms with Gasteiger partial charge in [0, 0.05) is 11.1 Å². The quantitative estimate of drug-likeness (QED) is 0.244. The number of hydrogen-bond donors (Lipinski definition) is 6. The number of carbonyl (C=O) groups is 2. The van der Waals surface area contributed by atoms with Gasteiger partial charge >= 0.3 is 0 Å². The van der Waals surface area contributed by atoms with Crippen LogP contribution >= 0.6 is 24.4 Å². The zero-order chi connectivity index (χ0) is 22.8. The molecule has 10 heteroatoms. The van der Waals surface area contributed by atoms with Crippen LogP contribution in [0, 0.1) is 0 Å². The Morgan fingerprint density at radius 2 is 0.875 bits per heavy atom. The molecule has 2 amide bonds. The minimum absolute atomic E-state index is 0.114. The number of benzene rings is 3. The summed E-state index contributed by atoms with van der Waals surface area (Å²) in [5.41, 5.74) is 13.5. The van der Waals surface area contributed by atoms with Gasteiger partial charge in [-0.3, -0.25) is 41.9 Å². The Morgan fingerprint density at radius 1 is 0.531 bits per heavy atom. The lowest BCUT2D eigenvalue weighted by Gasteiger charge is -2.12. The van der Waals surface area contributed by atoms with Gasteiger partial charge in [0.2, 0.25) is 0 Å². The van der Waals surface area contributed by atoms with Crippen molar-refractivity contribution in [3.05, 3.63) is 96.1 Å². The largest absolute Gasteiger partial charge is 0.299 e. The lowest BCUT2D eigenvalue weighted by molar-refractivity contribution is 0.0964. The molecule has 0 aliphatic carbocycles. The highest BCUT2D eigenvalue weighted by Gasteiger charge is 2.11. The van der Waals surface area contributed by atoms with Gasteiger partial charge in [0.1, 0.15) is 0 Å². The minimum atomic E-state index is -0.409. The first-order valence-electron chi connectivity index (χ1n) is 9.46. The smallest absolute Gasteiger partial charge is 0.257 e. The van der Waals surface area contributed by atoms with Gasteiger partial charge in [0.05, 0.1) is 11.4 Å². The monoisotopic (exact) mass is 464 g/mol. The fraction of sp³-hybridized carbons (Fsp3) is 0. The molecule has 0 spiro atoms. The number of anilines is 2. The maximum atomic E-state index is 12.3. The van der Waals surface area contributed by atoms with Crippen LogP contribution in [-0.2, 0) is 0 Å². The Hall–Kier alpha value is -4.02. The summed E-state index contributed by atoms with van der Waals surface area (Å²) in [4.78, 5) is 24.7. The lowest BCUT2D eigenvalue weighted by atomic mass is 10.1. The van der Waals surface area contributed by atoms with Crippen molar-refractivity contribution in [1.82, 2.24) is 21.5 Å². The Balaban J connectivity index is 1.45. The SMILES string of the molecule is O=C(NC(=S)NNc1ccccc1)c1ccc(C(=O)NC(=S)NNc2ccccc2)cc1. The Bertz CT molecular complexity index is 1000. The van der Waals surface area contributed by atoms with Crippen LogP contribution in [0.2, 0.25) is 0 Å². The fourth-order valence-corrected chi connectivity index (χ4v) is 2.77. The lowest BCUT2D eigenvalue weighted by Crippen LogP contribution is -2.42. The van der Waals surface area contributed by atoms with Crippen LogP contribution < -0.4 is 32.3 Å². The minimum Gasteiger partial charge on any atom is -0.299 e. The Kier molecular flexibility index (Phi) is 8.07. The second kappa shape index (κ2) is 11.4. The number of thiocarbonyl (C=S) groups is 2. The van der Waals surface area contributed by atoms with E-state index in [1.165, 1.54) is 24.3 Å². The van der Waals surface area contributed by atoms with E-state index in [1.54, 1.807) is 0 Å². The van der Waals surface area contributed by atoms with Crippen molar-refractivity contribution in [2.75, 3.05) is 10.9 Å². The van der Waals surface area contributed by atoms with E-state index < -0.39 is 11.8 Å². The molecule has 162 valence electrons. The molecule has 6 N–H and O–H groups in total. The van der Waals surface area contributed by atoms with E-state index in [0.717, 1.165) is 11.4 Å². The molecule has 3 aromatic carbocycles. The van der Waals surface area contributed by atoms with Gasteiger partial charge in [-0.2, -0.15) is 0 Å². The van der Waals surface area contributed by atoms with Gasteiger partial charge in [-0.1, -0.05) is 36.4 Å². The van der Waals surface area contributed by atoms with Gasteiger partial charge in [0.15, 0.2) is 10.2 Å². The van der Waals surface area contributed by atoms with E-state index in [0.29, 0.717) is 11.1 Å². The molecule has 3 rings (SSSR count). The average Bonchev–Trinajstić information content (AvgIpc) is 2.83. The first-order chi connectivity index (χ1) is 15.5.